The molecule has 14 heavy (non-hydrogen) atoms. The van der Waals surface area contributed by atoms with E-state index in [2.05, 4.69) is 0 Å². The summed E-state index contributed by atoms with van der Waals surface area (Å²) in [5.74, 6) is 0.891. The first kappa shape index (κ1) is 12.2. The second-order valence-electron chi connectivity index (χ2n) is 2.98. The third kappa shape index (κ3) is 3.34. The van der Waals surface area contributed by atoms with Crippen LogP contribution < -0.4 is 0 Å². The lowest BCUT2D eigenvalue weighted by molar-refractivity contribution is 0.617. The molecule has 0 nitrogen and oxygen atoms in total. The quantitative estimate of drug-likeness (QED) is 0.719. The molecule has 1 atom stereocenters. The van der Waals surface area contributed by atoms with E-state index in [4.69, 9.17) is 23.2 Å². The lowest BCUT2D eigenvalue weighted by Crippen LogP contribution is -1.99. The van der Waals surface area contributed by atoms with E-state index in [1.165, 1.54) is 6.07 Å². The van der Waals surface area contributed by atoms with Gasteiger partial charge >= 0.3 is 0 Å². The molecule has 0 saturated heterocycles. The summed E-state index contributed by atoms with van der Waals surface area (Å²) in [6, 6.07) is 4.73. The summed E-state index contributed by atoms with van der Waals surface area (Å²) in [6.07, 6.45) is 0. The first-order chi connectivity index (χ1) is 6.65. The molecule has 0 aromatic heterocycles. The van der Waals surface area contributed by atoms with Gasteiger partial charge in [0.1, 0.15) is 5.82 Å². The van der Waals surface area contributed by atoms with Gasteiger partial charge in [0.2, 0.25) is 0 Å². The molecule has 4 heteroatoms. The molecule has 1 unspecified atom stereocenters. The van der Waals surface area contributed by atoms with Crippen molar-refractivity contribution < 1.29 is 4.39 Å². The molecule has 0 saturated carbocycles. The van der Waals surface area contributed by atoms with E-state index >= 15 is 0 Å². The highest BCUT2D eigenvalue weighted by molar-refractivity contribution is 7.99. The lowest BCUT2D eigenvalue weighted by Gasteiger charge is -2.09. The van der Waals surface area contributed by atoms with Crippen LogP contribution in [0.2, 0.25) is 5.02 Å². The average molecular weight is 253 g/mol. The normalized spacial score (nSPS) is 12.9. The van der Waals surface area contributed by atoms with E-state index in [-0.39, 0.29) is 5.82 Å². The van der Waals surface area contributed by atoms with Crippen molar-refractivity contribution in [2.24, 2.45) is 0 Å². The third-order valence-electron chi connectivity index (χ3n) is 1.79. The number of halogens is 3. The highest BCUT2D eigenvalue weighted by atomic mass is 35.5. The second-order valence-corrected chi connectivity index (χ2v) is 5.12. The molecule has 0 radical (unpaired) electrons. The molecule has 1 rings (SSSR count). The van der Waals surface area contributed by atoms with E-state index in [0.717, 1.165) is 0 Å². The summed E-state index contributed by atoms with van der Waals surface area (Å²) in [7, 11) is 0. The fourth-order valence-electron chi connectivity index (χ4n) is 0.940. The molecule has 0 fully saturated rings. The summed E-state index contributed by atoms with van der Waals surface area (Å²) in [4.78, 5) is 0. The molecular formula is C10H11Cl2FS. The number of hydrogen-bond acceptors (Lipinski definition) is 1. The van der Waals surface area contributed by atoms with Gasteiger partial charge in [-0.25, -0.2) is 4.39 Å². The zero-order valence-electron chi connectivity index (χ0n) is 7.77. The van der Waals surface area contributed by atoms with Crippen LogP contribution in [-0.2, 0) is 5.75 Å². The Morgan fingerprint density at radius 1 is 1.50 bits per heavy atom. The van der Waals surface area contributed by atoms with Gasteiger partial charge in [0.25, 0.3) is 0 Å². The molecule has 0 heterocycles. The number of rotatable bonds is 4. The Hall–Kier alpha value is 0.0800. The fourth-order valence-corrected chi connectivity index (χ4v) is 2.35. The van der Waals surface area contributed by atoms with Crippen LogP contribution in [0.3, 0.4) is 0 Å². The molecule has 1 aromatic rings. The zero-order chi connectivity index (χ0) is 10.6. The second kappa shape index (κ2) is 5.84. The van der Waals surface area contributed by atoms with E-state index in [1.807, 2.05) is 6.92 Å². The van der Waals surface area contributed by atoms with Crippen molar-refractivity contribution in [1.82, 2.24) is 0 Å². The number of alkyl halides is 1. The highest BCUT2D eigenvalue weighted by Crippen LogP contribution is 2.26. The first-order valence-corrected chi connectivity index (χ1v) is 6.21. The standard InChI is InChI=1S/C10H11Cl2FS/c1-7(5-11)14-6-8-9(12)3-2-4-10(8)13/h2-4,7H,5-6H2,1H3. The van der Waals surface area contributed by atoms with Crippen LogP contribution in [0.1, 0.15) is 12.5 Å². The van der Waals surface area contributed by atoms with Crippen molar-refractivity contribution in [3.63, 3.8) is 0 Å². The SMILES string of the molecule is CC(CCl)SCc1c(F)cccc1Cl. The summed E-state index contributed by atoms with van der Waals surface area (Å²) >= 11 is 13.1. The summed E-state index contributed by atoms with van der Waals surface area (Å²) in [5.41, 5.74) is 0.566. The molecule has 0 spiro atoms. The molecule has 78 valence electrons. The predicted molar refractivity (Wildman–Crippen MR) is 62.9 cm³/mol. The minimum atomic E-state index is -0.244. The van der Waals surface area contributed by atoms with Gasteiger partial charge in [0.15, 0.2) is 0 Å². The average Bonchev–Trinajstić information content (AvgIpc) is 2.16. The van der Waals surface area contributed by atoms with Gasteiger partial charge in [0, 0.05) is 27.5 Å². The smallest absolute Gasteiger partial charge is 0.128 e. The van der Waals surface area contributed by atoms with Gasteiger partial charge in [-0.2, -0.15) is 11.8 Å². The van der Waals surface area contributed by atoms with Gasteiger partial charge in [-0.1, -0.05) is 24.6 Å². The van der Waals surface area contributed by atoms with E-state index in [9.17, 15) is 4.39 Å². The van der Waals surface area contributed by atoms with Gasteiger partial charge in [-0.05, 0) is 12.1 Å². The maximum atomic E-state index is 13.3. The topological polar surface area (TPSA) is 0 Å². The molecular weight excluding hydrogens is 242 g/mol. The Balaban J connectivity index is 2.66. The van der Waals surface area contributed by atoms with Crippen LogP contribution in [0.25, 0.3) is 0 Å². The van der Waals surface area contributed by atoms with Crippen molar-refractivity contribution in [3.05, 3.63) is 34.6 Å². The van der Waals surface area contributed by atoms with E-state index < -0.39 is 0 Å². The fraction of sp³-hybridized carbons (Fsp3) is 0.400. The highest BCUT2D eigenvalue weighted by Gasteiger charge is 2.08. The summed E-state index contributed by atoms with van der Waals surface area (Å²) in [5, 5.41) is 0.798. The van der Waals surface area contributed by atoms with E-state index in [1.54, 1.807) is 23.9 Å². The van der Waals surface area contributed by atoms with E-state index in [0.29, 0.717) is 27.5 Å². The molecule has 1 aromatic carbocycles. The Labute approximate surface area is 97.8 Å². The number of benzene rings is 1. The number of thioether (sulfide) groups is 1. The van der Waals surface area contributed by atoms with Gasteiger partial charge in [-0.15, -0.1) is 11.6 Å². The van der Waals surface area contributed by atoms with Crippen LogP contribution in [0, 0.1) is 5.82 Å². The maximum absolute atomic E-state index is 13.3. The summed E-state index contributed by atoms with van der Waals surface area (Å²) < 4.78 is 13.3. The van der Waals surface area contributed by atoms with Crippen molar-refractivity contribution in [2.45, 2.75) is 17.9 Å². The van der Waals surface area contributed by atoms with Gasteiger partial charge in [0.05, 0.1) is 0 Å². The van der Waals surface area contributed by atoms with Crippen molar-refractivity contribution in [1.29, 1.82) is 0 Å². The van der Waals surface area contributed by atoms with Crippen LogP contribution in [0.5, 0.6) is 0 Å². The zero-order valence-corrected chi connectivity index (χ0v) is 10.1. The Morgan fingerprint density at radius 2 is 2.21 bits per heavy atom. The third-order valence-corrected chi connectivity index (χ3v) is 3.98. The maximum Gasteiger partial charge on any atom is 0.128 e. The molecule has 0 N–H and O–H groups in total. The molecule has 0 aliphatic rings. The van der Waals surface area contributed by atoms with Crippen molar-refractivity contribution in [3.8, 4) is 0 Å². The monoisotopic (exact) mass is 252 g/mol. The van der Waals surface area contributed by atoms with Gasteiger partial charge in [-0.3, -0.25) is 0 Å². The Morgan fingerprint density at radius 3 is 2.79 bits per heavy atom. The molecule has 0 amide bonds. The van der Waals surface area contributed by atoms with Gasteiger partial charge < -0.3 is 0 Å². The van der Waals surface area contributed by atoms with Crippen LogP contribution in [0.4, 0.5) is 4.39 Å². The molecule has 0 bridgehead atoms. The summed E-state index contributed by atoms with van der Waals surface area (Å²) in [6.45, 7) is 2.01. The minimum Gasteiger partial charge on any atom is -0.207 e. The molecule has 0 aliphatic heterocycles. The van der Waals surface area contributed by atoms with Crippen LogP contribution in [-0.4, -0.2) is 11.1 Å². The van der Waals surface area contributed by atoms with Crippen LogP contribution in [0.15, 0.2) is 18.2 Å². The van der Waals surface area contributed by atoms with Crippen molar-refractivity contribution >= 4 is 35.0 Å². The first-order valence-electron chi connectivity index (χ1n) is 4.25. The lowest BCUT2D eigenvalue weighted by atomic mass is 10.2. The van der Waals surface area contributed by atoms with Crippen LogP contribution >= 0.6 is 35.0 Å². The predicted octanol–water partition coefficient (Wildman–Crippen LogP) is 4.34. The minimum absolute atomic E-state index is 0.244. The van der Waals surface area contributed by atoms with Crippen molar-refractivity contribution in [2.75, 3.05) is 5.88 Å². The Bertz CT molecular complexity index is 284. The number of hydrogen-bond donors (Lipinski definition) is 0. The molecule has 0 aliphatic carbocycles. The Kier molecular flexibility index (Phi) is 5.07. The largest absolute Gasteiger partial charge is 0.207 e.